The van der Waals surface area contributed by atoms with Crippen LogP contribution in [0, 0.1) is 0 Å². The standard InChI is InChI=1S/C23H24Cl2N2O4/c1-3-26(4-2)11-12-27-21(15-7-9-17(24)18(25)14-15)20(22(29)23(27)30)19(28)10-8-16-6-5-13-31-16/h5-10,13-14,21,29H,3-4,11-12H2,1-2H3/b10-8+. The van der Waals surface area contributed by atoms with Gasteiger partial charge in [-0.05, 0) is 55.1 Å². The number of furan rings is 1. The lowest BCUT2D eigenvalue weighted by Gasteiger charge is -2.29. The van der Waals surface area contributed by atoms with Gasteiger partial charge in [0.05, 0.1) is 27.9 Å². The van der Waals surface area contributed by atoms with Gasteiger partial charge in [0.2, 0.25) is 0 Å². The van der Waals surface area contributed by atoms with Crippen molar-refractivity contribution in [3.05, 3.63) is 75.4 Å². The maximum absolute atomic E-state index is 13.0. The molecule has 0 spiro atoms. The fourth-order valence-corrected chi connectivity index (χ4v) is 3.89. The molecule has 0 saturated heterocycles. The highest BCUT2D eigenvalue weighted by Gasteiger charge is 2.42. The number of carbonyl (C=O) groups excluding carboxylic acids is 2. The smallest absolute Gasteiger partial charge is 0.290 e. The minimum Gasteiger partial charge on any atom is -0.503 e. The average Bonchev–Trinajstić information content (AvgIpc) is 3.37. The summed E-state index contributed by atoms with van der Waals surface area (Å²) in [6, 6.07) is 7.57. The van der Waals surface area contributed by atoms with Crippen LogP contribution in [0.15, 0.2) is 58.4 Å². The molecule has 1 unspecified atom stereocenters. The van der Waals surface area contributed by atoms with Crippen LogP contribution in [0.25, 0.3) is 6.08 Å². The van der Waals surface area contributed by atoms with Crippen LogP contribution in [-0.4, -0.2) is 52.8 Å². The van der Waals surface area contributed by atoms with E-state index in [4.69, 9.17) is 27.6 Å². The Kier molecular flexibility index (Phi) is 7.59. The van der Waals surface area contributed by atoms with Crippen molar-refractivity contribution in [2.75, 3.05) is 26.2 Å². The Morgan fingerprint density at radius 3 is 2.58 bits per heavy atom. The third-order valence-electron chi connectivity index (χ3n) is 5.32. The van der Waals surface area contributed by atoms with Crippen LogP contribution < -0.4 is 0 Å². The van der Waals surface area contributed by atoms with E-state index in [2.05, 4.69) is 4.90 Å². The quantitative estimate of drug-likeness (QED) is 0.536. The molecule has 1 amide bonds. The molecule has 164 valence electrons. The van der Waals surface area contributed by atoms with Gasteiger partial charge in [-0.15, -0.1) is 0 Å². The molecule has 0 aliphatic carbocycles. The molecule has 0 radical (unpaired) electrons. The molecule has 2 heterocycles. The third kappa shape index (κ3) is 5.03. The zero-order valence-corrected chi connectivity index (χ0v) is 18.9. The zero-order chi connectivity index (χ0) is 22.5. The van der Waals surface area contributed by atoms with E-state index < -0.39 is 23.5 Å². The summed E-state index contributed by atoms with van der Waals surface area (Å²) in [6.07, 6.45) is 4.28. The van der Waals surface area contributed by atoms with Crippen molar-refractivity contribution in [2.24, 2.45) is 0 Å². The SMILES string of the molecule is CCN(CC)CCN1C(=O)C(O)=C(C(=O)/C=C/c2ccco2)C1c1ccc(Cl)c(Cl)c1. The molecule has 1 aromatic heterocycles. The van der Waals surface area contributed by atoms with Gasteiger partial charge in [0.1, 0.15) is 5.76 Å². The number of hydrogen-bond donors (Lipinski definition) is 1. The number of aliphatic hydroxyl groups is 1. The number of likely N-dealkylation sites (N-methyl/N-ethyl adjacent to an activating group) is 1. The lowest BCUT2D eigenvalue weighted by atomic mass is 9.95. The summed E-state index contributed by atoms with van der Waals surface area (Å²) in [7, 11) is 0. The Hall–Kier alpha value is -2.54. The van der Waals surface area contributed by atoms with Crippen LogP contribution in [0.3, 0.4) is 0 Å². The van der Waals surface area contributed by atoms with E-state index in [-0.39, 0.29) is 5.57 Å². The first kappa shape index (κ1) is 23.1. The number of nitrogens with zero attached hydrogens (tertiary/aromatic N) is 2. The van der Waals surface area contributed by atoms with Crippen molar-refractivity contribution in [3.8, 4) is 0 Å². The number of rotatable bonds is 9. The van der Waals surface area contributed by atoms with Gasteiger partial charge in [-0.2, -0.15) is 0 Å². The summed E-state index contributed by atoms with van der Waals surface area (Å²) >= 11 is 12.3. The lowest BCUT2D eigenvalue weighted by Crippen LogP contribution is -2.38. The van der Waals surface area contributed by atoms with E-state index in [0.717, 1.165) is 13.1 Å². The van der Waals surface area contributed by atoms with Gasteiger partial charge in [0.25, 0.3) is 5.91 Å². The van der Waals surface area contributed by atoms with Crippen molar-refractivity contribution >= 4 is 41.0 Å². The Balaban J connectivity index is 1.98. The molecule has 31 heavy (non-hydrogen) atoms. The minimum atomic E-state index is -0.772. The number of ketones is 1. The van der Waals surface area contributed by atoms with Gasteiger partial charge in [0.15, 0.2) is 11.5 Å². The van der Waals surface area contributed by atoms with Crippen molar-refractivity contribution in [2.45, 2.75) is 19.9 Å². The molecule has 1 N–H and O–H groups in total. The minimum absolute atomic E-state index is 0.00532. The van der Waals surface area contributed by atoms with Crippen molar-refractivity contribution in [1.29, 1.82) is 0 Å². The second-order valence-electron chi connectivity index (χ2n) is 7.08. The maximum Gasteiger partial charge on any atom is 0.290 e. The number of amides is 1. The van der Waals surface area contributed by atoms with E-state index in [9.17, 15) is 14.7 Å². The van der Waals surface area contributed by atoms with Crippen LogP contribution in [-0.2, 0) is 9.59 Å². The van der Waals surface area contributed by atoms with Gasteiger partial charge in [0, 0.05) is 13.1 Å². The molecule has 3 rings (SSSR count). The van der Waals surface area contributed by atoms with Crippen LogP contribution in [0.5, 0.6) is 0 Å². The van der Waals surface area contributed by atoms with Gasteiger partial charge < -0.3 is 19.3 Å². The molecule has 1 aliphatic rings. The van der Waals surface area contributed by atoms with Crippen molar-refractivity contribution in [1.82, 2.24) is 9.80 Å². The Morgan fingerprint density at radius 2 is 1.97 bits per heavy atom. The molecule has 6 nitrogen and oxygen atoms in total. The van der Waals surface area contributed by atoms with Crippen LogP contribution >= 0.6 is 23.2 Å². The summed E-state index contributed by atoms with van der Waals surface area (Å²) in [5, 5.41) is 11.3. The summed E-state index contributed by atoms with van der Waals surface area (Å²) in [5.41, 5.74) is 0.604. The monoisotopic (exact) mass is 462 g/mol. The fraction of sp³-hybridized carbons (Fsp3) is 0.304. The van der Waals surface area contributed by atoms with Gasteiger partial charge >= 0.3 is 0 Å². The van der Waals surface area contributed by atoms with E-state index in [1.54, 1.807) is 30.3 Å². The number of aliphatic hydroxyl groups excluding tert-OH is 1. The summed E-state index contributed by atoms with van der Waals surface area (Å²) in [5.74, 6) is -1.13. The normalized spacial score (nSPS) is 16.9. The fourth-order valence-electron chi connectivity index (χ4n) is 3.59. The molecule has 8 heteroatoms. The highest BCUT2D eigenvalue weighted by Crippen LogP contribution is 2.39. The topological polar surface area (TPSA) is 74.0 Å². The van der Waals surface area contributed by atoms with Gasteiger partial charge in [-0.25, -0.2) is 0 Å². The van der Waals surface area contributed by atoms with Gasteiger partial charge in [-0.3, -0.25) is 9.59 Å². The molecule has 0 saturated carbocycles. The molecule has 1 aromatic carbocycles. The van der Waals surface area contributed by atoms with Crippen LogP contribution in [0.4, 0.5) is 0 Å². The molecule has 0 fully saturated rings. The maximum atomic E-state index is 13.0. The highest BCUT2D eigenvalue weighted by atomic mass is 35.5. The molecular weight excluding hydrogens is 439 g/mol. The van der Waals surface area contributed by atoms with Crippen LogP contribution in [0.1, 0.15) is 31.2 Å². The second kappa shape index (κ2) is 10.2. The van der Waals surface area contributed by atoms with E-state index >= 15 is 0 Å². The molecule has 2 aromatic rings. The number of carbonyl (C=O) groups is 2. The Morgan fingerprint density at radius 1 is 1.23 bits per heavy atom. The van der Waals surface area contributed by atoms with E-state index in [1.165, 1.54) is 23.3 Å². The summed E-state index contributed by atoms with van der Waals surface area (Å²) in [6.45, 7) is 6.67. The molecule has 0 bridgehead atoms. The predicted molar refractivity (Wildman–Crippen MR) is 121 cm³/mol. The number of allylic oxidation sites excluding steroid dienone is 1. The lowest BCUT2D eigenvalue weighted by molar-refractivity contribution is -0.129. The largest absolute Gasteiger partial charge is 0.503 e. The second-order valence-corrected chi connectivity index (χ2v) is 7.89. The first-order valence-electron chi connectivity index (χ1n) is 10.0. The Bertz CT molecular complexity index is 1010. The first-order chi connectivity index (χ1) is 14.9. The van der Waals surface area contributed by atoms with E-state index in [0.29, 0.717) is 34.5 Å². The summed E-state index contributed by atoms with van der Waals surface area (Å²) < 4.78 is 5.21. The molecular formula is C23H24Cl2N2O4. The number of benzene rings is 1. The predicted octanol–water partition coefficient (Wildman–Crippen LogP) is 4.91. The van der Waals surface area contributed by atoms with Gasteiger partial charge in [-0.1, -0.05) is 43.1 Å². The number of halogens is 2. The first-order valence-corrected chi connectivity index (χ1v) is 10.8. The van der Waals surface area contributed by atoms with Crippen LogP contribution in [0.2, 0.25) is 10.0 Å². The third-order valence-corrected chi connectivity index (χ3v) is 6.06. The van der Waals surface area contributed by atoms with Crippen molar-refractivity contribution < 1.29 is 19.1 Å². The average molecular weight is 463 g/mol. The number of hydrogen-bond acceptors (Lipinski definition) is 5. The van der Waals surface area contributed by atoms with E-state index in [1.807, 2.05) is 13.8 Å². The summed E-state index contributed by atoms with van der Waals surface area (Å²) in [4.78, 5) is 29.6. The Labute approximate surface area is 191 Å². The molecule has 1 aliphatic heterocycles. The molecule has 1 atom stereocenters. The van der Waals surface area contributed by atoms with Crippen molar-refractivity contribution in [3.63, 3.8) is 0 Å². The zero-order valence-electron chi connectivity index (χ0n) is 17.3. The highest BCUT2D eigenvalue weighted by molar-refractivity contribution is 6.42.